The Kier molecular flexibility index (Phi) is 6.28. The molecule has 2 N–H and O–H groups in total. The lowest BCUT2D eigenvalue weighted by Gasteiger charge is -2.16. The highest BCUT2D eigenvalue weighted by molar-refractivity contribution is 6.03. The normalized spacial score (nSPS) is 12.4. The Bertz CT molecular complexity index is 1450. The molecule has 0 bridgehead atoms. The molecular formula is C27H27NO6. The number of carboxylic acid groups (broad SMARTS) is 1. The van der Waals surface area contributed by atoms with E-state index in [4.69, 9.17) is 8.83 Å². The van der Waals surface area contributed by atoms with Crippen LogP contribution in [-0.4, -0.2) is 23.0 Å². The number of aliphatic carboxylic acids is 1. The van der Waals surface area contributed by atoms with Crippen molar-refractivity contribution in [1.29, 1.82) is 0 Å². The summed E-state index contributed by atoms with van der Waals surface area (Å²) in [4.78, 5) is 36.9. The van der Waals surface area contributed by atoms with Crippen molar-refractivity contribution in [2.24, 2.45) is 5.92 Å². The van der Waals surface area contributed by atoms with Gasteiger partial charge in [-0.15, -0.1) is 0 Å². The van der Waals surface area contributed by atoms with Crippen LogP contribution in [0.25, 0.3) is 33.1 Å². The highest BCUT2D eigenvalue weighted by atomic mass is 16.4. The predicted octanol–water partition coefficient (Wildman–Crippen LogP) is 4.98. The predicted molar refractivity (Wildman–Crippen MR) is 130 cm³/mol. The number of carbonyl (C=O) groups is 2. The van der Waals surface area contributed by atoms with Crippen molar-refractivity contribution in [3.05, 3.63) is 69.8 Å². The fourth-order valence-electron chi connectivity index (χ4n) is 4.37. The number of carbonyl (C=O) groups excluding carboxylic acids is 1. The highest BCUT2D eigenvalue weighted by Crippen LogP contribution is 2.37. The zero-order valence-electron chi connectivity index (χ0n) is 19.6. The van der Waals surface area contributed by atoms with Crippen LogP contribution >= 0.6 is 0 Å². The molecule has 1 amide bonds. The van der Waals surface area contributed by atoms with E-state index in [-0.39, 0.29) is 17.9 Å². The highest BCUT2D eigenvalue weighted by Gasteiger charge is 2.23. The number of benzene rings is 2. The third-order valence-electron chi connectivity index (χ3n) is 6.01. The minimum absolute atomic E-state index is 0.0912. The molecule has 0 saturated heterocycles. The van der Waals surface area contributed by atoms with Crippen LogP contribution < -0.4 is 10.9 Å². The van der Waals surface area contributed by atoms with Gasteiger partial charge in [0, 0.05) is 22.4 Å². The maximum atomic E-state index is 12.7. The van der Waals surface area contributed by atoms with E-state index < -0.39 is 23.5 Å². The fraction of sp³-hybridized carbons (Fsp3) is 0.296. The van der Waals surface area contributed by atoms with Gasteiger partial charge in [0.1, 0.15) is 23.0 Å². The van der Waals surface area contributed by atoms with Crippen LogP contribution in [-0.2, 0) is 16.0 Å². The first-order valence-electron chi connectivity index (χ1n) is 11.2. The Morgan fingerprint density at radius 1 is 1.00 bits per heavy atom. The Morgan fingerprint density at radius 2 is 1.68 bits per heavy atom. The SMILES string of the molecule is Cc1oc2cc3oc(=O)c(CC(=O)N[C@H](CC(C)C)C(=O)O)c(C)c3cc2c1-c1ccccc1. The number of hydrogen-bond acceptors (Lipinski definition) is 5. The monoisotopic (exact) mass is 461 g/mol. The topological polar surface area (TPSA) is 110 Å². The summed E-state index contributed by atoms with van der Waals surface area (Å²) in [5.74, 6) is -0.794. The summed E-state index contributed by atoms with van der Waals surface area (Å²) >= 11 is 0. The standard InChI is InChI=1S/C27H27NO6/c1-14(2)10-21(26(30)31)28-24(29)12-19-15(3)18-11-20-23(13-22(18)34-27(19)32)33-16(4)25(20)17-8-6-5-7-9-17/h5-9,11,13-14,21H,10,12H2,1-4H3,(H,28,29)(H,30,31)/t21-/m1/s1. The van der Waals surface area contributed by atoms with E-state index in [2.05, 4.69) is 5.32 Å². The van der Waals surface area contributed by atoms with E-state index in [1.165, 1.54) is 0 Å². The smallest absolute Gasteiger partial charge is 0.340 e. The molecule has 2 aromatic carbocycles. The molecule has 0 aliphatic carbocycles. The van der Waals surface area contributed by atoms with Gasteiger partial charge in [-0.25, -0.2) is 9.59 Å². The Balaban J connectivity index is 1.76. The van der Waals surface area contributed by atoms with Crippen LogP contribution in [0.3, 0.4) is 0 Å². The maximum absolute atomic E-state index is 12.7. The number of rotatable bonds is 7. The number of fused-ring (bicyclic) bond motifs is 2. The van der Waals surface area contributed by atoms with Gasteiger partial charge < -0.3 is 19.3 Å². The van der Waals surface area contributed by atoms with Crippen molar-refractivity contribution in [2.75, 3.05) is 0 Å². The van der Waals surface area contributed by atoms with Crippen molar-refractivity contribution < 1.29 is 23.5 Å². The van der Waals surface area contributed by atoms with Gasteiger partial charge in [-0.05, 0) is 43.4 Å². The molecule has 0 radical (unpaired) electrons. The van der Waals surface area contributed by atoms with E-state index in [9.17, 15) is 19.5 Å². The van der Waals surface area contributed by atoms with Gasteiger partial charge in [0.05, 0.1) is 12.0 Å². The molecule has 1 atom stereocenters. The van der Waals surface area contributed by atoms with Gasteiger partial charge in [-0.2, -0.15) is 0 Å². The van der Waals surface area contributed by atoms with E-state index in [0.717, 1.165) is 22.3 Å². The number of furan rings is 1. The number of carboxylic acids is 1. The molecule has 4 aromatic rings. The average molecular weight is 462 g/mol. The first kappa shape index (κ1) is 23.3. The molecule has 0 spiro atoms. The zero-order chi connectivity index (χ0) is 24.6. The largest absolute Gasteiger partial charge is 0.480 e. The molecule has 0 unspecified atom stereocenters. The van der Waals surface area contributed by atoms with Crippen LogP contribution in [0.5, 0.6) is 0 Å². The summed E-state index contributed by atoms with van der Waals surface area (Å²) in [6.07, 6.45) is 0.0342. The molecule has 2 heterocycles. The van der Waals surface area contributed by atoms with Crippen molar-refractivity contribution >= 4 is 33.8 Å². The summed E-state index contributed by atoms with van der Waals surface area (Å²) < 4.78 is 11.5. The first-order chi connectivity index (χ1) is 16.2. The van der Waals surface area contributed by atoms with Gasteiger partial charge in [0.25, 0.3) is 0 Å². The number of amides is 1. The fourth-order valence-corrected chi connectivity index (χ4v) is 4.37. The quantitative estimate of drug-likeness (QED) is 0.376. The summed E-state index contributed by atoms with van der Waals surface area (Å²) in [7, 11) is 0. The van der Waals surface area contributed by atoms with Crippen LogP contribution in [0.2, 0.25) is 0 Å². The van der Waals surface area contributed by atoms with Crippen LogP contribution in [0.1, 0.15) is 37.2 Å². The van der Waals surface area contributed by atoms with Gasteiger partial charge in [-0.1, -0.05) is 44.2 Å². The Morgan fingerprint density at radius 3 is 2.32 bits per heavy atom. The van der Waals surface area contributed by atoms with Crippen molar-refractivity contribution in [1.82, 2.24) is 5.32 Å². The van der Waals surface area contributed by atoms with Gasteiger partial charge in [-0.3, -0.25) is 4.79 Å². The molecule has 4 rings (SSSR count). The number of nitrogens with one attached hydrogen (secondary N) is 1. The molecule has 7 heteroatoms. The number of aryl methyl sites for hydroxylation is 2. The number of hydrogen-bond donors (Lipinski definition) is 2. The van der Waals surface area contributed by atoms with Gasteiger partial charge in [0.15, 0.2) is 0 Å². The van der Waals surface area contributed by atoms with E-state index in [0.29, 0.717) is 28.5 Å². The first-order valence-corrected chi connectivity index (χ1v) is 11.2. The second-order valence-electron chi connectivity index (χ2n) is 9.00. The summed E-state index contributed by atoms with van der Waals surface area (Å²) in [5.41, 5.74) is 3.15. The maximum Gasteiger partial charge on any atom is 0.340 e. The molecule has 0 fully saturated rings. The molecule has 7 nitrogen and oxygen atoms in total. The van der Waals surface area contributed by atoms with Crippen molar-refractivity contribution in [2.45, 2.75) is 46.6 Å². The van der Waals surface area contributed by atoms with E-state index in [1.54, 1.807) is 13.0 Å². The minimum atomic E-state index is -1.10. The summed E-state index contributed by atoms with van der Waals surface area (Å²) in [5, 5.41) is 13.5. The second kappa shape index (κ2) is 9.17. The lowest BCUT2D eigenvalue weighted by Crippen LogP contribution is -2.42. The van der Waals surface area contributed by atoms with E-state index in [1.807, 2.05) is 57.2 Å². The molecule has 2 aromatic heterocycles. The van der Waals surface area contributed by atoms with E-state index >= 15 is 0 Å². The van der Waals surface area contributed by atoms with Crippen LogP contribution in [0, 0.1) is 19.8 Å². The van der Waals surface area contributed by atoms with Crippen LogP contribution in [0.4, 0.5) is 0 Å². The minimum Gasteiger partial charge on any atom is -0.480 e. The molecule has 0 aliphatic rings. The summed E-state index contributed by atoms with van der Waals surface area (Å²) in [6.45, 7) is 7.42. The molecule has 176 valence electrons. The molecular weight excluding hydrogens is 434 g/mol. The Hall–Kier alpha value is -3.87. The third-order valence-corrected chi connectivity index (χ3v) is 6.01. The second-order valence-corrected chi connectivity index (χ2v) is 9.00. The average Bonchev–Trinajstić information content (AvgIpc) is 3.09. The molecule has 34 heavy (non-hydrogen) atoms. The summed E-state index contributed by atoms with van der Waals surface area (Å²) in [6, 6.07) is 12.5. The van der Waals surface area contributed by atoms with Crippen molar-refractivity contribution in [3.63, 3.8) is 0 Å². The third kappa shape index (κ3) is 4.46. The van der Waals surface area contributed by atoms with Crippen LogP contribution in [0.15, 0.2) is 56.1 Å². The zero-order valence-corrected chi connectivity index (χ0v) is 19.6. The molecule has 0 aliphatic heterocycles. The Labute approximate surface area is 196 Å². The lowest BCUT2D eigenvalue weighted by atomic mass is 9.98. The lowest BCUT2D eigenvalue weighted by molar-refractivity contribution is -0.142. The van der Waals surface area contributed by atoms with Gasteiger partial charge in [0.2, 0.25) is 5.91 Å². The van der Waals surface area contributed by atoms with Crippen molar-refractivity contribution in [3.8, 4) is 11.1 Å². The van der Waals surface area contributed by atoms with Gasteiger partial charge >= 0.3 is 11.6 Å². The molecule has 0 saturated carbocycles.